The molecule has 1 heterocycles. The standard InChI is InChI=1S/C14H21ClN2O3S/c15-13-1-3-14(4-2-13)21(19,20)12-10-17-7-5-16(6-8-17)9-11-18/h1-4,18H,5-12H2. The summed E-state index contributed by atoms with van der Waals surface area (Å²) in [4.78, 5) is 4.66. The molecule has 0 aliphatic carbocycles. The van der Waals surface area contributed by atoms with Crippen LogP contribution in [0.5, 0.6) is 0 Å². The number of sulfone groups is 1. The zero-order valence-electron chi connectivity index (χ0n) is 11.9. The minimum absolute atomic E-state index is 0.120. The van der Waals surface area contributed by atoms with Gasteiger partial charge >= 0.3 is 0 Å². The molecule has 1 aromatic rings. The van der Waals surface area contributed by atoms with E-state index in [1.807, 2.05) is 0 Å². The van der Waals surface area contributed by atoms with Crippen molar-refractivity contribution in [3.8, 4) is 0 Å². The van der Waals surface area contributed by atoms with Crippen molar-refractivity contribution in [2.45, 2.75) is 4.90 Å². The third-order valence-corrected chi connectivity index (χ3v) is 5.69. The normalized spacial score (nSPS) is 18.0. The Labute approximate surface area is 131 Å². The van der Waals surface area contributed by atoms with Crippen LogP contribution in [0.2, 0.25) is 5.02 Å². The van der Waals surface area contributed by atoms with E-state index in [1.165, 1.54) is 0 Å². The quantitative estimate of drug-likeness (QED) is 0.832. The number of benzene rings is 1. The number of halogens is 1. The molecule has 5 nitrogen and oxygen atoms in total. The van der Waals surface area contributed by atoms with Gasteiger partial charge in [0.2, 0.25) is 0 Å². The minimum atomic E-state index is -3.25. The lowest BCUT2D eigenvalue weighted by Crippen LogP contribution is -2.48. The Bertz CT molecular complexity index is 540. The Morgan fingerprint density at radius 1 is 1.00 bits per heavy atom. The van der Waals surface area contributed by atoms with Gasteiger partial charge in [0.1, 0.15) is 0 Å². The van der Waals surface area contributed by atoms with Gasteiger partial charge in [0.25, 0.3) is 0 Å². The van der Waals surface area contributed by atoms with Crippen LogP contribution < -0.4 is 0 Å². The van der Waals surface area contributed by atoms with Gasteiger partial charge in [-0.05, 0) is 24.3 Å². The van der Waals surface area contributed by atoms with E-state index >= 15 is 0 Å². The molecule has 21 heavy (non-hydrogen) atoms. The van der Waals surface area contributed by atoms with Crippen LogP contribution in [0.1, 0.15) is 0 Å². The van der Waals surface area contributed by atoms with Crippen LogP contribution in [-0.2, 0) is 9.84 Å². The van der Waals surface area contributed by atoms with Crippen molar-refractivity contribution in [1.29, 1.82) is 0 Å². The maximum atomic E-state index is 12.2. The first-order valence-electron chi connectivity index (χ1n) is 7.05. The predicted molar refractivity (Wildman–Crippen MR) is 83.5 cm³/mol. The van der Waals surface area contributed by atoms with Gasteiger partial charge in [-0.15, -0.1) is 0 Å². The Balaban J connectivity index is 1.84. The van der Waals surface area contributed by atoms with E-state index in [0.29, 0.717) is 23.0 Å². The Morgan fingerprint density at radius 3 is 2.05 bits per heavy atom. The van der Waals surface area contributed by atoms with Crippen LogP contribution in [0.25, 0.3) is 0 Å². The van der Waals surface area contributed by atoms with Gasteiger partial charge in [-0.3, -0.25) is 9.80 Å². The molecule has 118 valence electrons. The molecule has 0 saturated carbocycles. The predicted octanol–water partition coefficient (Wildman–Crippen LogP) is 0.724. The first-order chi connectivity index (χ1) is 10.0. The number of hydrogen-bond donors (Lipinski definition) is 1. The Morgan fingerprint density at radius 2 is 1.52 bits per heavy atom. The molecule has 1 aliphatic rings. The fourth-order valence-electron chi connectivity index (χ4n) is 2.39. The third kappa shape index (κ3) is 4.93. The summed E-state index contributed by atoms with van der Waals surface area (Å²) in [5, 5.41) is 9.43. The molecule has 1 N–H and O–H groups in total. The SMILES string of the molecule is O=S(=O)(CCN1CCN(CCO)CC1)c1ccc(Cl)cc1. The second kappa shape index (κ2) is 7.56. The number of nitrogens with zero attached hydrogens (tertiary/aromatic N) is 2. The van der Waals surface area contributed by atoms with Gasteiger partial charge in [-0.2, -0.15) is 0 Å². The first-order valence-corrected chi connectivity index (χ1v) is 9.08. The van der Waals surface area contributed by atoms with Crippen molar-refractivity contribution in [1.82, 2.24) is 9.80 Å². The average Bonchev–Trinajstić information content (AvgIpc) is 2.47. The molecular formula is C14H21ClN2O3S. The molecule has 0 unspecified atom stereocenters. The number of piperazine rings is 1. The molecule has 0 bridgehead atoms. The number of aliphatic hydroxyl groups is 1. The third-order valence-electron chi connectivity index (χ3n) is 3.73. The van der Waals surface area contributed by atoms with E-state index in [1.54, 1.807) is 24.3 Å². The minimum Gasteiger partial charge on any atom is -0.395 e. The van der Waals surface area contributed by atoms with E-state index in [-0.39, 0.29) is 12.4 Å². The van der Waals surface area contributed by atoms with Gasteiger partial charge in [0.05, 0.1) is 17.3 Å². The lowest BCUT2D eigenvalue weighted by molar-refractivity contribution is 0.116. The van der Waals surface area contributed by atoms with Crippen LogP contribution in [-0.4, -0.2) is 75.0 Å². The van der Waals surface area contributed by atoms with Crippen molar-refractivity contribution in [2.75, 3.05) is 51.6 Å². The van der Waals surface area contributed by atoms with Crippen LogP contribution in [0.3, 0.4) is 0 Å². The molecule has 1 aliphatic heterocycles. The fraction of sp³-hybridized carbons (Fsp3) is 0.571. The zero-order valence-corrected chi connectivity index (χ0v) is 13.5. The van der Waals surface area contributed by atoms with E-state index in [0.717, 1.165) is 26.2 Å². The van der Waals surface area contributed by atoms with Crippen molar-refractivity contribution in [2.24, 2.45) is 0 Å². The summed E-state index contributed by atoms with van der Waals surface area (Å²) < 4.78 is 24.5. The monoisotopic (exact) mass is 332 g/mol. The van der Waals surface area contributed by atoms with E-state index in [9.17, 15) is 8.42 Å². The van der Waals surface area contributed by atoms with E-state index in [2.05, 4.69) is 9.80 Å². The van der Waals surface area contributed by atoms with Gasteiger partial charge in [0.15, 0.2) is 9.84 Å². The summed E-state index contributed by atoms with van der Waals surface area (Å²) in [6, 6.07) is 6.30. The average molecular weight is 333 g/mol. The highest BCUT2D eigenvalue weighted by Crippen LogP contribution is 2.15. The maximum Gasteiger partial charge on any atom is 0.179 e. The first kappa shape index (κ1) is 16.7. The zero-order chi connectivity index (χ0) is 15.3. The van der Waals surface area contributed by atoms with Gasteiger partial charge in [-0.1, -0.05) is 11.6 Å². The number of β-amino-alcohol motifs (C(OH)–C–C–N with tert-alkyl or cyclic N) is 1. The number of hydrogen-bond acceptors (Lipinski definition) is 5. The van der Waals surface area contributed by atoms with E-state index in [4.69, 9.17) is 16.7 Å². The highest BCUT2D eigenvalue weighted by Gasteiger charge is 2.20. The molecule has 1 fully saturated rings. The van der Waals surface area contributed by atoms with Gasteiger partial charge in [-0.25, -0.2) is 8.42 Å². The van der Waals surface area contributed by atoms with Crippen LogP contribution in [0.15, 0.2) is 29.2 Å². The molecule has 0 spiro atoms. The summed E-state index contributed by atoms with van der Waals surface area (Å²) in [5.74, 6) is 0.120. The number of aliphatic hydroxyl groups excluding tert-OH is 1. The van der Waals surface area contributed by atoms with Crippen molar-refractivity contribution < 1.29 is 13.5 Å². The molecule has 0 radical (unpaired) electrons. The molecule has 0 aromatic heterocycles. The fourth-order valence-corrected chi connectivity index (χ4v) is 3.80. The van der Waals surface area contributed by atoms with E-state index < -0.39 is 9.84 Å². The largest absolute Gasteiger partial charge is 0.395 e. The van der Waals surface area contributed by atoms with Crippen LogP contribution >= 0.6 is 11.6 Å². The smallest absolute Gasteiger partial charge is 0.179 e. The summed E-state index contributed by atoms with van der Waals surface area (Å²) in [7, 11) is -3.25. The van der Waals surface area contributed by atoms with Crippen molar-refractivity contribution >= 4 is 21.4 Å². The molecule has 2 rings (SSSR count). The molecule has 0 amide bonds. The molecule has 1 saturated heterocycles. The highest BCUT2D eigenvalue weighted by atomic mass is 35.5. The summed E-state index contributed by atoms with van der Waals surface area (Å²) in [6.45, 7) is 4.84. The topological polar surface area (TPSA) is 60.9 Å². The molecule has 7 heteroatoms. The molecular weight excluding hydrogens is 312 g/mol. The maximum absolute atomic E-state index is 12.2. The lowest BCUT2D eigenvalue weighted by atomic mass is 10.3. The van der Waals surface area contributed by atoms with Crippen molar-refractivity contribution in [3.63, 3.8) is 0 Å². The van der Waals surface area contributed by atoms with Crippen LogP contribution in [0.4, 0.5) is 0 Å². The Kier molecular flexibility index (Phi) is 6.01. The van der Waals surface area contributed by atoms with Crippen molar-refractivity contribution in [3.05, 3.63) is 29.3 Å². The van der Waals surface area contributed by atoms with Gasteiger partial charge in [0, 0.05) is 44.3 Å². The molecule has 0 atom stereocenters. The van der Waals surface area contributed by atoms with Gasteiger partial charge < -0.3 is 5.11 Å². The second-order valence-electron chi connectivity index (χ2n) is 5.18. The Hall–Kier alpha value is -0.660. The second-order valence-corrected chi connectivity index (χ2v) is 7.73. The lowest BCUT2D eigenvalue weighted by Gasteiger charge is -2.34. The summed E-state index contributed by atoms with van der Waals surface area (Å²) >= 11 is 5.77. The van der Waals surface area contributed by atoms with Crippen LogP contribution in [0, 0.1) is 0 Å². The molecule has 1 aromatic carbocycles. The number of rotatable bonds is 6. The summed E-state index contributed by atoms with van der Waals surface area (Å²) in [6.07, 6.45) is 0. The highest BCUT2D eigenvalue weighted by molar-refractivity contribution is 7.91. The summed E-state index contributed by atoms with van der Waals surface area (Å²) in [5.41, 5.74) is 0.